The van der Waals surface area contributed by atoms with Gasteiger partial charge < -0.3 is 9.84 Å². The number of halogens is 2. The zero-order chi connectivity index (χ0) is 12.2. The van der Waals surface area contributed by atoms with Crippen LogP contribution < -0.4 is 4.74 Å². The highest BCUT2D eigenvalue weighted by atomic mass is 19.3. The Morgan fingerprint density at radius 1 is 1.38 bits per heavy atom. The van der Waals surface area contributed by atoms with E-state index in [0.717, 1.165) is 0 Å². The minimum atomic E-state index is -2.98. The smallest absolute Gasteiger partial charge is 0.275 e. The number of aliphatic hydroxyl groups is 1. The molecule has 1 N–H and O–H groups in total. The molecule has 90 valence electrons. The monoisotopic (exact) mass is 230 g/mol. The molecule has 0 aromatic heterocycles. The van der Waals surface area contributed by atoms with Crippen molar-refractivity contribution in [2.75, 3.05) is 13.2 Å². The van der Waals surface area contributed by atoms with Crippen LogP contribution in [0.25, 0.3) is 0 Å². The van der Waals surface area contributed by atoms with Gasteiger partial charge in [0.15, 0.2) is 0 Å². The second kappa shape index (κ2) is 5.25. The number of aliphatic hydroxyl groups excluding tert-OH is 1. The van der Waals surface area contributed by atoms with E-state index in [1.54, 1.807) is 13.0 Å². The van der Waals surface area contributed by atoms with E-state index in [1.807, 2.05) is 6.92 Å². The summed E-state index contributed by atoms with van der Waals surface area (Å²) in [6.07, 6.45) is -0.555. The number of hydrogen-bond donors (Lipinski definition) is 1. The molecule has 16 heavy (non-hydrogen) atoms. The Hall–Kier alpha value is -1.16. The maximum atomic E-state index is 13.5. The lowest BCUT2D eigenvalue weighted by Crippen LogP contribution is -2.15. The summed E-state index contributed by atoms with van der Waals surface area (Å²) < 4.78 is 32.2. The molecule has 0 unspecified atom stereocenters. The molecule has 0 atom stereocenters. The van der Waals surface area contributed by atoms with Gasteiger partial charge in [0.1, 0.15) is 5.75 Å². The van der Waals surface area contributed by atoms with Crippen LogP contribution in [-0.4, -0.2) is 18.3 Å². The first-order valence-electron chi connectivity index (χ1n) is 5.24. The predicted molar refractivity (Wildman–Crippen MR) is 57.9 cm³/mol. The Kier molecular flexibility index (Phi) is 4.24. The average Bonchev–Trinajstić information content (AvgIpc) is 2.21. The molecule has 1 aromatic rings. The minimum Gasteiger partial charge on any atom is -0.494 e. The van der Waals surface area contributed by atoms with E-state index in [9.17, 15) is 8.78 Å². The second-order valence-corrected chi connectivity index (χ2v) is 3.59. The van der Waals surface area contributed by atoms with Gasteiger partial charge in [-0.05, 0) is 37.6 Å². The van der Waals surface area contributed by atoms with Crippen LogP contribution >= 0.6 is 0 Å². The molecule has 0 aliphatic heterocycles. The highest BCUT2D eigenvalue weighted by molar-refractivity contribution is 5.37. The summed E-state index contributed by atoms with van der Waals surface area (Å²) in [4.78, 5) is 0. The largest absolute Gasteiger partial charge is 0.494 e. The first kappa shape index (κ1) is 12.9. The van der Waals surface area contributed by atoms with Crippen LogP contribution in [0.15, 0.2) is 18.2 Å². The van der Waals surface area contributed by atoms with Crippen LogP contribution in [0.5, 0.6) is 5.75 Å². The van der Waals surface area contributed by atoms with Crippen molar-refractivity contribution in [2.24, 2.45) is 0 Å². The second-order valence-electron chi connectivity index (χ2n) is 3.59. The lowest BCUT2D eigenvalue weighted by molar-refractivity contribution is -0.0270. The predicted octanol–water partition coefficient (Wildman–Crippen LogP) is 2.87. The van der Waals surface area contributed by atoms with E-state index < -0.39 is 19.0 Å². The molecule has 0 saturated carbocycles. The molecule has 0 amide bonds. The van der Waals surface area contributed by atoms with E-state index in [4.69, 9.17) is 9.84 Å². The summed E-state index contributed by atoms with van der Waals surface area (Å²) in [6, 6.07) is 4.29. The van der Waals surface area contributed by atoms with Crippen LogP contribution in [0.1, 0.15) is 24.5 Å². The molecule has 1 aromatic carbocycles. The van der Waals surface area contributed by atoms with Crippen LogP contribution in [0.2, 0.25) is 0 Å². The van der Waals surface area contributed by atoms with E-state index in [2.05, 4.69) is 0 Å². The lowest BCUT2D eigenvalue weighted by Gasteiger charge is -2.17. The molecule has 0 fully saturated rings. The Morgan fingerprint density at radius 2 is 2.06 bits per heavy atom. The van der Waals surface area contributed by atoms with Crippen LogP contribution in [0, 0.1) is 6.92 Å². The number of hydrogen-bond acceptors (Lipinski definition) is 2. The highest BCUT2D eigenvalue weighted by Gasteiger charge is 2.30. The fourth-order valence-corrected chi connectivity index (χ4v) is 1.48. The van der Waals surface area contributed by atoms with Crippen molar-refractivity contribution in [2.45, 2.75) is 26.2 Å². The highest BCUT2D eigenvalue weighted by Crippen LogP contribution is 2.33. The molecule has 2 nitrogen and oxygen atoms in total. The van der Waals surface area contributed by atoms with Gasteiger partial charge in [-0.3, -0.25) is 0 Å². The number of ether oxygens (including phenoxy) is 1. The Balaban J connectivity index is 2.96. The van der Waals surface area contributed by atoms with Gasteiger partial charge in [0.2, 0.25) is 0 Å². The Bertz CT molecular complexity index is 351. The van der Waals surface area contributed by atoms with E-state index in [-0.39, 0.29) is 5.56 Å². The zero-order valence-corrected chi connectivity index (χ0v) is 9.46. The molecule has 0 aliphatic rings. The van der Waals surface area contributed by atoms with Crippen LogP contribution in [0.3, 0.4) is 0 Å². The lowest BCUT2D eigenvalue weighted by atomic mass is 10.0. The maximum absolute atomic E-state index is 13.5. The SMILES string of the molecule is CCOc1ccc(C(F)(F)CCO)cc1C. The Labute approximate surface area is 93.9 Å². The number of benzene rings is 1. The number of aryl methyl sites for hydroxylation is 1. The maximum Gasteiger partial charge on any atom is 0.275 e. The van der Waals surface area contributed by atoms with Crippen molar-refractivity contribution >= 4 is 0 Å². The molecule has 1 rings (SSSR count). The summed E-state index contributed by atoms with van der Waals surface area (Å²) in [5.74, 6) is -2.37. The average molecular weight is 230 g/mol. The Morgan fingerprint density at radius 3 is 2.56 bits per heavy atom. The standard InChI is InChI=1S/C12H16F2O2/c1-3-16-11-5-4-10(8-9(11)2)12(13,14)6-7-15/h4-5,8,15H,3,6-7H2,1-2H3. The van der Waals surface area contributed by atoms with E-state index >= 15 is 0 Å². The van der Waals surface area contributed by atoms with Crippen LogP contribution in [-0.2, 0) is 5.92 Å². The first-order chi connectivity index (χ1) is 7.51. The molecular weight excluding hydrogens is 214 g/mol. The van der Waals surface area contributed by atoms with Gasteiger partial charge in [-0.2, -0.15) is 0 Å². The third-order valence-corrected chi connectivity index (χ3v) is 2.32. The van der Waals surface area contributed by atoms with Crippen LogP contribution in [0.4, 0.5) is 8.78 Å². The normalized spacial score (nSPS) is 11.6. The molecule has 0 spiro atoms. The van der Waals surface area contributed by atoms with Crippen molar-refractivity contribution in [3.63, 3.8) is 0 Å². The van der Waals surface area contributed by atoms with Crippen molar-refractivity contribution in [1.29, 1.82) is 0 Å². The molecule has 0 radical (unpaired) electrons. The minimum absolute atomic E-state index is 0.0810. The van der Waals surface area contributed by atoms with Gasteiger partial charge in [0.05, 0.1) is 6.61 Å². The summed E-state index contributed by atoms with van der Waals surface area (Å²) in [5, 5.41) is 8.57. The van der Waals surface area contributed by atoms with Gasteiger partial charge in [0.25, 0.3) is 5.92 Å². The molecule has 4 heteroatoms. The summed E-state index contributed by atoms with van der Waals surface area (Å²) >= 11 is 0. The molecular formula is C12H16F2O2. The quantitative estimate of drug-likeness (QED) is 0.842. The summed E-state index contributed by atoms with van der Waals surface area (Å²) in [7, 11) is 0. The number of rotatable bonds is 5. The first-order valence-corrected chi connectivity index (χ1v) is 5.24. The fraction of sp³-hybridized carbons (Fsp3) is 0.500. The third kappa shape index (κ3) is 2.92. The van der Waals surface area contributed by atoms with Crippen molar-refractivity contribution in [3.05, 3.63) is 29.3 Å². The van der Waals surface area contributed by atoms with Crippen molar-refractivity contribution in [3.8, 4) is 5.75 Å². The summed E-state index contributed by atoms with van der Waals surface area (Å²) in [5.41, 5.74) is 0.597. The molecule has 0 bridgehead atoms. The topological polar surface area (TPSA) is 29.5 Å². The van der Waals surface area contributed by atoms with Gasteiger partial charge in [-0.25, -0.2) is 8.78 Å². The van der Waals surface area contributed by atoms with E-state index in [0.29, 0.717) is 17.9 Å². The molecule has 0 heterocycles. The van der Waals surface area contributed by atoms with Crippen molar-refractivity contribution in [1.82, 2.24) is 0 Å². The van der Waals surface area contributed by atoms with Gasteiger partial charge in [0, 0.05) is 18.6 Å². The fourth-order valence-electron chi connectivity index (χ4n) is 1.48. The van der Waals surface area contributed by atoms with Gasteiger partial charge >= 0.3 is 0 Å². The molecule has 0 saturated heterocycles. The van der Waals surface area contributed by atoms with Crippen molar-refractivity contribution < 1.29 is 18.6 Å². The van der Waals surface area contributed by atoms with Gasteiger partial charge in [-0.15, -0.1) is 0 Å². The van der Waals surface area contributed by atoms with E-state index in [1.165, 1.54) is 12.1 Å². The zero-order valence-electron chi connectivity index (χ0n) is 9.46. The third-order valence-electron chi connectivity index (χ3n) is 2.32. The number of alkyl halides is 2. The summed E-state index contributed by atoms with van der Waals surface area (Å²) in [6.45, 7) is 3.55. The van der Waals surface area contributed by atoms with Gasteiger partial charge in [-0.1, -0.05) is 0 Å². The molecule has 0 aliphatic carbocycles.